The summed E-state index contributed by atoms with van der Waals surface area (Å²) in [6.45, 7) is 2.24. The molecule has 27 heavy (non-hydrogen) atoms. The van der Waals surface area contributed by atoms with Gasteiger partial charge in [-0.3, -0.25) is 10.4 Å². The van der Waals surface area contributed by atoms with Gasteiger partial charge in [-0.15, -0.1) is 10.2 Å². The van der Waals surface area contributed by atoms with Gasteiger partial charge in [0.25, 0.3) is 0 Å². The Hall–Kier alpha value is -3.30. The molecule has 0 radical (unpaired) electrons. The molecule has 10 heteroatoms. The summed E-state index contributed by atoms with van der Waals surface area (Å²) in [6.07, 6.45) is 1.32. The SMILES string of the molecule is CC1=CC(Oc2cc(C(F)(F)F)ccc2C2=CNCN=C2)Nn2cnnc21. The lowest BCUT2D eigenvalue weighted by Gasteiger charge is -2.26. The Bertz CT molecular complexity index is 960. The second kappa shape index (κ2) is 6.45. The summed E-state index contributed by atoms with van der Waals surface area (Å²) in [5, 5.41) is 10.7. The van der Waals surface area contributed by atoms with Crippen LogP contribution in [0, 0.1) is 0 Å². The molecule has 140 valence electrons. The van der Waals surface area contributed by atoms with Crippen molar-refractivity contribution in [3.8, 4) is 5.75 Å². The Morgan fingerprint density at radius 3 is 2.89 bits per heavy atom. The summed E-state index contributed by atoms with van der Waals surface area (Å²) in [5.41, 5.74) is 4.13. The first-order valence-electron chi connectivity index (χ1n) is 8.09. The molecule has 1 atom stereocenters. The molecule has 0 saturated heterocycles. The van der Waals surface area contributed by atoms with Gasteiger partial charge in [0.1, 0.15) is 18.7 Å². The lowest BCUT2D eigenvalue weighted by molar-refractivity contribution is -0.137. The van der Waals surface area contributed by atoms with Crippen molar-refractivity contribution >= 4 is 17.4 Å². The summed E-state index contributed by atoms with van der Waals surface area (Å²) < 4.78 is 47.0. The Kier molecular flexibility index (Phi) is 4.09. The molecule has 1 aromatic carbocycles. The van der Waals surface area contributed by atoms with Gasteiger partial charge in [0, 0.05) is 23.6 Å². The number of alkyl halides is 3. The van der Waals surface area contributed by atoms with Crippen LogP contribution in [-0.2, 0) is 6.18 Å². The molecule has 7 nitrogen and oxygen atoms in total. The van der Waals surface area contributed by atoms with Crippen LogP contribution in [0.15, 0.2) is 41.8 Å². The number of hydrogen-bond acceptors (Lipinski definition) is 6. The van der Waals surface area contributed by atoms with Gasteiger partial charge in [-0.05, 0) is 36.8 Å². The average molecular weight is 376 g/mol. The van der Waals surface area contributed by atoms with Gasteiger partial charge in [-0.25, -0.2) is 4.68 Å². The van der Waals surface area contributed by atoms with Crippen LogP contribution in [0.3, 0.4) is 0 Å². The molecular weight excluding hydrogens is 361 g/mol. The van der Waals surface area contributed by atoms with E-state index < -0.39 is 18.0 Å². The molecule has 2 aromatic rings. The molecule has 1 aromatic heterocycles. The maximum atomic E-state index is 13.2. The molecule has 0 aliphatic carbocycles. The number of nitrogens with one attached hydrogen (secondary N) is 2. The number of aliphatic imine (C=N–C) groups is 1. The molecule has 3 heterocycles. The Labute approximate surface area is 152 Å². The predicted molar refractivity (Wildman–Crippen MR) is 93.4 cm³/mol. The molecular formula is C17H15F3N6O. The highest BCUT2D eigenvalue weighted by molar-refractivity contribution is 6.11. The second-order valence-corrected chi connectivity index (χ2v) is 6.02. The minimum atomic E-state index is -4.48. The van der Waals surface area contributed by atoms with E-state index in [2.05, 4.69) is 25.9 Å². The summed E-state index contributed by atoms with van der Waals surface area (Å²) >= 11 is 0. The molecule has 2 aliphatic rings. The molecule has 4 rings (SSSR count). The molecule has 2 aliphatic heterocycles. The standard InChI is InChI=1S/C17H15F3N6O/c1-10-4-15(25-26-9-23-24-16(10)26)27-14-5-12(17(18,19)20)2-3-13(14)11-6-21-8-22-7-11/h2-7,9,15,21,25H,8H2,1H3. The van der Waals surface area contributed by atoms with Gasteiger partial charge >= 0.3 is 6.18 Å². The molecule has 0 bridgehead atoms. The van der Waals surface area contributed by atoms with E-state index in [9.17, 15) is 13.2 Å². The van der Waals surface area contributed by atoms with Crippen LogP contribution in [0.2, 0.25) is 0 Å². The minimum Gasteiger partial charge on any atom is -0.465 e. The maximum Gasteiger partial charge on any atom is 0.416 e. The van der Waals surface area contributed by atoms with Gasteiger partial charge < -0.3 is 10.1 Å². The lowest BCUT2D eigenvalue weighted by Crippen LogP contribution is -2.35. The highest BCUT2D eigenvalue weighted by atomic mass is 19.4. The van der Waals surface area contributed by atoms with Crippen LogP contribution >= 0.6 is 0 Å². The number of nitrogens with zero attached hydrogens (tertiary/aromatic N) is 4. The summed E-state index contributed by atoms with van der Waals surface area (Å²) in [5.74, 6) is 0.703. The first-order valence-corrected chi connectivity index (χ1v) is 8.09. The summed E-state index contributed by atoms with van der Waals surface area (Å²) in [6, 6.07) is 3.40. The van der Waals surface area contributed by atoms with Crippen molar-refractivity contribution in [3.63, 3.8) is 0 Å². The van der Waals surface area contributed by atoms with Crippen molar-refractivity contribution < 1.29 is 17.9 Å². The zero-order valence-corrected chi connectivity index (χ0v) is 14.2. The number of halogens is 3. The van der Waals surface area contributed by atoms with Gasteiger partial charge in [-0.1, -0.05) is 0 Å². The van der Waals surface area contributed by atoms with Crippen LogP contribution in [0.4, 0.5) is 13.2 Å². The number of allylic oxidation sites excluding steroid dienone is 2. The van der Waals surface area contributed by atoms with Crippen molar-refractivity contribution in [1.82, 2.24) is 20.2 Å². The van der Waals surface area contributed by atoms with E-state index in [1.807, 2.05) is 6.92 Å². The normalized spacial score (nSPS) is 18.7. The minimum absolute atomic E-state index is 0.0873. The fourth-order valence-corrected chi connectivity index (χ4v) is 2.84. The molecule has 0 fully saturated rings. The zero-order valence-electron chi connectivity index (χ0n) is 14.2. The molecule has 0 spiro atoms. The van der Waals surface area contributed by atoms with Crippen LogP contribution in [0.5, 0.6) is 5.75 Å². The lowest BCUT2D eigenvalue weighted by atomic mass is 10.0. The summed E-state index contributed by atoms with van der Waals surface area (Å²) in [7, 11) is 0. The first-order chi connectivity index (χ1) is 12.9. The van der Waals surface area contributed by atoms with Crippen molar-refractivity contribution in [2.45, 2.75) is 19.3 Å². The fraction of sp³-hybridized carbons (Fsp3) is 0.235. The Balaban J connectivity index is 1.70. The highest BCUT2D eigenvalue weighted by Crippen LogP contribution is 2.36. The third kappa shape index (κ3) is 3.37. The maximum absolute atomic E-state index is 13.2. The Morgan fingerprint density at radius 2 is 2.15 bits per heavy atom. The largest absolute Gasteiger partial charge is 0.465 e. The van der Waals surface area contributed by atoms with Crippen molar-refractivity contribution in [2.24, 2.45) is 4.99 Å². The molecule has 0 amide bonds. The number of aromatic nitrogens is 3. The van der Waals surface area contributed by atoms with Crippen molar-refractivity contribution in [3.05, 3.63) is 53.8 Å². The number of benzene rings is 1. The number of rotatable bonds is 3. The van der Waals surface area contributed by atoms with Gasteiger partial charge in [0.05, 0.1) is 5.56 Å². The number of hydrogen-bond donors (Lipinski definition) is 2. The van der Waals surface area contributed by atoms with E-state index in [0.717, 1.165) is 17.7 Å². The average Bonchev–Trinajstić information content (AvgIpc) is 3.11. The fourth-order valence-electron chi connectivity index (χ4n) is 2.84. The van der Waals surface area contributed by atoms with Gasteiger partial charge in [0.15, 0.2) is 5.82 Å². The Morgan fingerprint density at radius 1 is 1.30 bits per heavy atom. The summed E-state index contributed by atoms with van der Waals surface area (Å²) in [4.78, 5) is 4.10. The van der Waals surface area contributed by atoms with E-state index in [1.165, 1.54) is 12.4 Å². The van der Waals surface area contributed by atoms with Gasteiger partial charge in [-0.2, -0.15) is 13.2 Å². The third-order valence-electron chi connectivity index (χ3n) is 4.11. The predicted octanol–water partition coefficient (Wildman–Crippen LogP) is 2.63. The van der Waals surface area contributed by atoms with Crippen LogP contribution in [-0.4, -0.2) is 34.0 Å². The number of fused-ring (bicyclic) bond motifs is 1. The van der Waals surface area contributed by atoms with Crippen molar-refractivity contribution in [1.29, 1.82) is 0 Å². The number of ether oxygens (including phenoxy) is 1. The molecule has 0 saturated carbocycles. The smallest absolute Gasteiger partial charge is 0.416 e. The van der Waals surface area contributed by atoms with E-state index in [1.54, 1.807) is 23.2 Å². The van der Waals surface area contributed by atoms with E-state index in [0.29, 0.717) is 23.6 Å². The topological polar surface area (TPSA) is 76.4 Å². The zero-order chi connectivity index (χ0) is 19.0. The van der Waals surface area contributed by atoms with Crippen LogP contribution in [0.1, 0.15) is 23.9 Å². The quantitative estimate of drug-likeness (QED) is 0.861. The molecule has 1 unspecified atom stereocenters. The monoisotopic (exact) mass is 376 g/mol. The second-order valence-electron chi connectivity index (χ2n) is 6.02. The van der Waals surface area contributed by atoms with E-state index in [4.69, 9.17) is 4.74 Å². The van der Waals surface area contributed by atoms with Crippen LogP contribution < -0.4 is 15.5 Å². The highest BCUT2D eigenvalue weighted by Gasteiger charge is 2.32. The molecule has 2 N–H and O–H groups in total. The van der Waals surface area contributed by atoms with Crippen LogP contribution in [0.25, 0.3) is 11.1 Å². The third-order valence-corrected chi connectivity index (χ3v) is 4.11. The van der Waals surface area contributed by atoms with E-state index in [-0.39, 0.29) is 5.75 Å². The van der Waals surface area contributed by atoms with Gasteiger partial charge in [0.2, 0.25) is 6.23 Å². The van der Waals surface area contributed by atoms with Crippen molar-refractivity contribution in [2.75, 3.05) is 12.1 Å². The first kappa shape index (κ1) is 17.1. The van der Waals surface area contributed by atoms with E-state index >= 15 is 0 Å².